The third kappa shape index (κ3) is 6.50. The number of hydrogen-bond donors (Lipinski definition) is 0. The van der Waals surface area contributed by atoms with Crippen LogP contribution in [-0.2, 0) is 16.5 Å². The highest BCUT2D eigenvalue weighted by molar-refractivity contribution is 6.90. The van der Waals surface area contributed by atoms with Gasteiger partial charge in [0.25, 0.3) is 0 Å². The van der Waals surface area contributed by atoms with Crippen LogP contribution in [0.4, 0.5) is 13.6 Å². The number of carbonyl (C=O) groups excluding carboxylic acids is 1. The predicted molar refractivity (Wildman–Crippen MR) is 199 cm³/mol. The Bertz CT molecular complexity index is 2030. The number of aromatic nitrogens is 3. The maximum absolute atomic E-state index is 17.0. The molecule has 1 unspecified atom stereocenters. The molecule has 2 aliphatic rings. The van der Waals surface area contributed by atoms with E-state index in [0.717, 1.165) is 5.69 Å². The minimum atomic E-state index is -2.23. The molecule has 0 N–H and O–H groups in total. The monoisotopic (exact) mass is 716 g/mol. The van der Waals surface area contributed by atoms with E-state index in [9.17, 15) is 4.79 Å². The standard InChI is InChI=1S/C40H50F2N4O4Si/c1-22(2)51(23(3)4,24(5)6)15-14-27-32(41)13-12-25-16-26(49-21-48-11)17-28(33(25)27)37-35(42)38-29(18-43-37)36(44-45(38)10)34-30-19-46(20-31(30)34)39(47)50-40(7,8)9/h12-13,16-18,22-24,30-31,34H,19-21H2,1-11H3/t30-,31+,34?. The Kier molecular flexibility index (Phi) is 9.74. The van der Waals surface area contributed by atoms with E-state index in [1.165, 1.54) is 13.2 Å². The van der Waals surface area contributed by atoms with Crippen molar-refractivity contribution in [3.05, 3.63) is 53.4 Å². The Morgan fingerprint density at radius 3 is 2.27 bits per heavy atom. The quantitative estimate of drug-likeness (QED) is 0.103. The molecule has 4 aromatic rings. The highest BCUT2D eigenvalue weighted by Crippen LogP contribution is 2.59. The predicted octanol–water partition coefficient (Wildman–Crippen LogP) is 9.20. The van der Waals surface area contributed by atoms with E-state index < -0.39 is 25.3 Å². The normalized spacial score (nSPS) is 18.9. The topological polar surface area (TPSA) is 78.7 Å². The average molecular weight is 717 g/mol. The molecule has 0 bridgehead atoms. The Balaban J connectivity index is 1.46. The van der Waals surface area contributed by atoms with Crippen molar-refractivity contribution >= 4 is 35.8 Å². The van der Waals surface area contributed by atoms with E-state index in [2.05, 4.69) is 53.0 Å². The molecular weight excluding hydrogens is 667 g/mol. The van der Waals surface area contributed by atoms with E-state index in [4.69, 9.17) is 24.3 Å². The SMILES string of the molecule is COCOc1cc(-c2ncc3c(C4[C@H]5CN(C(=O)OC(C)(C)C)C[C@@H]45)nn(C)c3c2F)c2c(C#C[Si](C(C)C)(C(C)C)C(C)C)c(F)ccc2c1. The van der Waals surface area contributed by atoms with Gasteiger partial charge in [0.2, 0.25) is 0 Å². The van der Waals surface area contributed by atoms with E-state index in [0.29, 0.717) is 62.7 Å². The highest BCUT2D eigenvalue weighted by atomic mass is 28.3. The minimum Gasteiger partial charge on any atom is -0.468 e. The number of likely N-dealkylation sites (tertiary alicyclic amines) is 1. The number of fused-ring (bicyclic) bond motifs is 3. The lowest BCUT2D eigenvalue weighted by atomic mass is 9.95. The van der Waals surface area contributed by atoms with Gasteiger partial charge < -0.3 is 19.1 Å². The summed E-state index contributed by atoms with van der Waals surface area (Å²) in [4.78, 5) is 19.1. The molecule has 2 aromatic carbocycles. The second kappa shape index (κ2) is 13.5. The maximum Gasteiger partial charge on any atom is 0.410 e. The molecule has 3 heterocycles. The van der Waals surface area contributed by atoms with Crippen molar-refractivity contribution in [2.75, 3.05) is 27.0 Å². The zero-order chi connectivity index (χ0) is 37.2. The first-order valence-corrected chi connectivity index (χ1v) is 20.1. The lowest BCUT2D eigenvalue weighted by Crippen LogP contribution is -2.43. The van der Waals surface area contributed by atoms with Crippen LogP contribution in [0.2, 0.25) is 16.6 Å². The van der Waals surface area contributed by atoms with Crippen molar-refractivity contribution < 1.29 is 27.8 Å². The van der Waals surface area contributed by atoms with Gasteiger partial charge in [-0.2, -0.15) is 5.10 Å². The molecule has 1 aliphatic heterocycles. The number of benzene rings is 2. The lowest BCUT2D eigenvalue weighted by Gasteiger charge is -2.38. The van der Waals surface area contributed by atoms with Gasteiger partial charge in [-0.3, -0.25) is 9.67 Å². The first-order chi connectivity index (χ1) is 24.0. The number of aryl methyl sites for hydroxylation is 1. The smallest absolute Gasteiger partial charge is 0.410 e. The Labute approximate surface area is 300 Å². The van der Waals surface area contributed by atoms with E-state index in [1.807, 2.05) is 20.8 Å². The molecule has 272 valence electrons. The summed E-state index contributed by atoms with van der Waals surface area (Å²) >= 11 is 0. The van der Waals surface area contributed by atoms with Gasteiger partial charge in [-0.15, -0.1) is 5.54 Å². The number of rotatable bonds is 8. The van der Waals surface area contributed by atoms with Crippen LogP contribution in [0.3, 0.4) is 0 Å². The number of carbonyl (C=O) groups is 1. The van der Waals surface area contributed by atoms with Crippen molar-refractivity contribution in [1.82, 2.24) is 19.7 Å². The van der Waals surface area contributed by atoms with Crippen LogP contribution in [0.5, 0.6) is 5.75 Å². The van der Waals surface area contributed by atoms with Gasteiger partial charge in [-0.05, 0) is 72.8 Å². The van der Waals surface area contributed by atoms with Crippen LogP contribution < -0.4 is 4.74 Å². The van der Waals surface area contributed by atoms with Crippen LogP contribution in [0, 0.1) is 34.9 Å². The molecule has 0 radical (unpaired) electrons. The number of nitrogens with zero attached hydrogens (tertiary/aromatic N) is 4. The first-order valence-electron chi connectivity index (χ1n) is 17.9. The summed E-state index contributed by atoms with van der Waals surface area (Å²) in [6.45, 7) is 20.0. The third-order valence-electron chi connectivity index (χ3n) is 10.9. The van der Waals surface area contributed by atoms with Gasteiger partial charge in [-0.25, -0.2) is 13.6 Å². The molecule has 0 spiro atoms. The third-order valence-corrected chi connectivity index (χ3v) is 17.2. The van der Waals surface area contributed by atoms with Gasteiger partial charge in [0.15, 0.2) is 12.6 Å². The molecule has 1 amide bonds. The average Bonchev–Trinajstić information content (AvgIpc) is 3.33. The van der Waals surface area contributed by atoms with Gasteiger partial charge in [0.1, 0.15) is 36.5 Å². The summed E-state index contributed by atoms with van der Waals surface area (Å²) < 4.78 is 51.1. The molecule has 2 aromatic heterocycles. The fraction of sp³-hybridized carbons (Fsp3) is 0.525. The summed E-state index contributed by atoms with van der Waals surface area (Å²) in [5, 5.41) is 6.57. The molecule has 6 rings (SSSR count). The number of amides is 1. The second-order valence-electron chi connectivity index (χ2n) is 16.1. The molecule has 8 nitrogen and oxygen atoms in total. The molecule has 3 atom stereocenters. The molecule has 11 heteroatoms. The zero-order valence-corrected chi connectivity index (χ0v) is 32.6. The summed E-state index contributed by atoms with van der Waals surface area (Å²) in [5.41, 5.74) is 5.91. The van der Waals surface area contributed by atoms with E-state index in [1.54, 1.807) is 41.0 Å². The van der Waals surface area contributed by atoms with Crippen LogP contribution in [-0.4, -0.2) is 66.4 Å². The van der Waals surface area contributed by atoms with Crippen LogP contribution in [0.1, 0.15) is 79.5 Å². The maximum atomic E-state index is 17.0. The number of methoxy groups -OCH3 is 1. The van der Waals surface area contributed by atoms with Crippen molar-refractivity contribution in [2.45, 2.75) is 90.5 Å². The Morgan fingerprint density at radius 1 is 1.04 bits per heavy atom. The molecule has 1 aliphatic carbocycles. The van der Waals surface area contributed by atoms with Crippen LogP contribution in [0.15, 0.2) is 30.5 Å². The van der Waals surface area contributed by atoms with E-state index in [-0.39, 0.29) is 41.9 Å². The number of halogens is 2. The van der Waals surface area contributed by atoms with Gasteiger partial charge in [-0.1, -0.05) is 53.5 Å². The van der Waals surface area contributed by atoms with Crippen LogP contribution >= 0.6 is 0 Å². The van der Waals surface area contributed by atoms with Gasteiger partial charge in [0.05, 0.1) is 11.3 Å². The van der Waals surface area contributed by atoms with Crippen molar-refractivity contribution in [2.24, 2.45) is 18.9 Å². The van der Waals surface area contributed by atoms with Gasteiger partial charge >= 0.3 is 6.09 Å². The van der Waals surface area contributed by atoms with Crippen LogP contribution in [0.25, 0.3) is 32.9 Å². The molecule has 1 saturated heterocycles. The van der Waals surface area contributed by atoms with Crippen molar-refractivity contribution in [3.63, 3.8) is 0 Å². The van der Waals surface area contributed by atoms with Crippen molar-refractivity contribution in [3.8, 4) is 28.5 Å². The van der Waals surface area contributed by atoms with E-state index >= 15 is 8.78 Å². The molecule has 1 saturated carbocycles. The summed E-state index contributed by atoms with van der Waals surface area (Å²) in [6, 6.07) is 6.57. The summed E-state index contributed by atoms with van der Waals surface area (Å²) in [7, 11) is 1.02. The molecular formula is C40H50F2N4O4Si. The number of hydrogen-bond acceptors (Lipinski definition) is 6. The first kappa shape index (κ1) is 36.8. The molecule has 51 heavy (non-hydrogen) atoms. The zero-order valence-electron chi connectivity index (χ0n) is 31.6. The minimum absolute atomic E-state index is 0.0147. The Hall–Kier alpha value is -4.01. The van der Waals surface area contributed by atoms with Crippen molar-refractivity contribution in [1.29, 1.82) is 0 Å². The number of piperidine rings is 1. The number of pyridine rings is 1. The summed E-state index contributed by atoms with van der Waals surface area (Å²) in [6.07, 6.45) is 1.36. The van der Waals surface area contributed by atoms with Gasteiger partial charge in [0, 0.05) is 55.7 Å². The highest BCUT2D eigenvalue weighted by Gasteiger charge is 2.59. The largest absolute Gasteiger partial charge is 0.468 e. The number of ether oxygens (including phenoxy) is 3. The fourth-order valence-electron chi connectivity index (χ4n) is 8.62. The Morgan fingerprint density at radius 2 is 1.69 bits per heavy atom. The second-order valence-corrected chi connectivity index (χ2v) is 21.7. The summed E-state index contributed by atoms with van der Waals surface area (Å²) in [5.74, 6) is 3.27. The lowest BCUT2D eigenvalue weighted by molar-refractivity contribution is 0.0270. The molecule has 2 fully saturated rings. The fourth-order valence-corrected chi connectivity index (χ4v) is 13.8.